The summed E-state index contributed by atoms with van der Waals surface area (Å²) in [6, 6.07) is -0.714. The van der Waals surface area contributed by atoms with Gasteiger partial charge in [0, 0.05) is 18.6 Å². The molecule has 76 valence electrons. The first-order chi connectivity index (χ1) is 6.57. The quantitative estimate of drug-likeness (QED) is 0.598. The van der Waals surface area contributed by atoms with Crippen molar-refractivity contribution in [2.24, 2.45) is 5.73 Å². The molecule has 5 heteroatoms. The Morgan fingerprint density at radius 3 is 2.36 bits per heavy atom. The second-order valence-electron chi connectivity index (χ2n) is 3.06. The van der Waals surface area contributed by atoms with Crippen molar-refractivity contribution in [2.75, 3.05) is 6.54 Å². The lowest BCUT2D eigenvalue weighted by Gasteiger charge is -2.20. The van der Waals surface area contributed by atoms with Crippen molar-refractivity contribution < 1.29 is 14.4 Å². The molecule has 14 heavy (non-hydrogen) atoms. The summed E-state index contributed by atoms with van der Waals surface area (Å²) >= 11 is 0. The van der Waals surface area contributed by atoms with Gasteiger partial charge in [0.05, 0.1) is 6.04 Å². The summed E-state index contributed by atoms with van der Waals surface area (Å²) in [4.78, 5) is 34.6. The van der Waals surface area contributed by atoms with Crippen LogP contribution < -0.4 is 5.73 Å². The fraction of sp³-hybridized carbons (Fsp3) is 0.444. The average Bonchev–Trinajstić information content (AvgIpc) is 2.46. The Labute approximate surface area is 81.5 Å². The zero-order valence-corrected chi connectivity index (χ0v) is 7.90. The normalized spacial score (nSPS) is 17.7. The van der Waals surface area contributed by atoms with Crippen molar-refractivity contribution in [1.82, 2.24) is 4.90 Å². The number of nitrogens with zero attached hydrogens (tertiary/aromatic N) is 1. The van der Waals surface area contributed by atoms with E-state index >= 15 is 0 Å². The molecule has 0 saturated heterocycles. The van der Waals surface area contributed by atoms with E-state index < -0.39 is 17.9 Å². The highest BCUT2D eigenvalue weighted by atomic mass is 16.2. The molecular weight excluding hydrogens is 184 g/mol. The molecular formula is C9H12N2O3. The van der Waals surface area contributed by atoms with Crippen LogP contribution in [0.3, 0.4) is 0 Å². The third-order valence-electron chi connectivity index (χ3n) is 2.09. The summed E-state index contributed by atoms with van der Waals surface area (Å²) in [6.45, 7) is 1.76. The molecule has 0 aliphatic carbocycles. The van der Waals surface area contributed by atoms with Crippen LogP contribution in [0.4, 0.5) is 0 Å². The molecule has 1 heterocycles. The second-order valence-corrected chi connectivity index (χ2v) is 3.06. The molecule has 0 bridgehead atoms. The van der Waals surface area contributed by atoms with Gasteiger partial charge >= 0.3 is 0 Å². The van der Waals surface area contributed by atoms with Crippen LogP contribution in [0.5, 0.6) is 0 Å². The van der Waals surface area contributed by atoms with Gasteiger partial charge in [0.15, 0.2) is 5.78 Å². The van der Waals surface area contributed by atoms with E-state index in [0.717, 1.165) is 17.1 Å². The first-order valence-electron chi connectivity index (χ1n) is 4.36. The summed E-state index contributed by atoms with van der Waals surface area (Å²) in [5.74, 6) is -1.07. The Balaban J connectivity index is 2.70. The van der Waals surface area contributed by atoms with Crippen molar-refractivity contribution in [1.29, 1.82) is 0 Å². The highest BCUT2D eigenvalue weighted by molar-refractivity contribution is 6.15. The maximum absolute atomic E-state index is 11.4. The number of hydrogen-bond donors (Lipinski definition) is 1. The predicted molar refractivity (Wildman–Crippen MR) is 49.1 cm³/mol. The largest absolute Gasteiger partial charge is 0.330 e. The van der Waals surface area contributed by atoms with Gasteiger partial charge in [0.2, 0.25) is 0 Å². The number of amides is 2. The van der Waals surface area contributed by atoms with E-state index in [1.165, 1.54) is 6.92 Å². The SMILES string of the molecule is CC(C(=O)CCN)N1C(=O)C=CC1=O. The van der Waals surface area contributed by atoms with E-state index in [4.69, 9.17) is 5.73 Å². The molecule has 2 amide bonds. The Hall–Kier alpha value is -1.49. The smallest absolute Gasteiger partial charge is 0.254 e. The summed E-state index contributed by atoms with van der Waals surface area (Å²) < 4.78 is 0. The first kappa shape index (κ1) is 10.6. The molecule has 2 N–H and O–H groups in total. The lowest BCUT2D eigenvalue weighted by Crippen LogP contribution is -2.43. The van der Waals surface area contributed by atoms with Gasteiger partial charge < -0.3 is 5.73 Å². The van der Waals surface area contributed by atoms with Gasteiger partial charge in [-0.2, -0.15) is 0 Å². The zero-order chi connectivity index (χ0) is 10.7. The number of rotatable bonds is 4. The van der Waals surface area contributed by atoms with Gasteiger partial charge in [-0.3, -0.25) is 19.3 Å². The predicted octanol–water partition coefficient (Wildman–Crippen LogP) is -0.782. The van der Waals surface area contributed by atoms with Gasteiger partial charge in [-0.1, -0.05) is 0 Å². The number of imide groups is 1. The third kappa shape index (κ3) is 1.88. The van der Waals surface area contributed by atoms with Gasteiger partial charge in [-0.05, 0) is 13.5 Å². The molecule has 5 nitrogen and oxygen atoms in total. The van der Waals surface area contributed by atoms with Crippen LogP contribution in [0.25, 0.3) is 0 Å². The van der Waals surface area contributed by atoms with Crippen LogP contribution >= 0.6 is 0 Å². The summed E-state index contributed by atoms with van der Waals surface area (Å²) in [7, 11) is 0. The number of Topliss-reactive ketones (excluding diaryl/α,β-unsaturated/α-hetero) is 1. The maximum atomic E-state index is 11.4. The average molecular weight is 196 g/mol. The molecule has 1 unspecified atom stereocenters. The molecule has 0 fully saturated rings. The van der Waals surface area contributed by atoms with E-state index in [1.807, 2.05) is 0 Å². The van der Waals surface area contributed by atoms with Crippen LogP contribution in [0.1, 0.15) is 13.3 Å². The maximum Gasteiger partial charge on any atom is 0.254 e. The van der Waals surface area contributed by atoms with E-state index in [0.29, 0.717) is 0 Å². The van der Waals surface area contributed by atoms with Crippen LogP contribution in [0.15, 0.2) is 12.2 Å². The van der Waals surface area contributed by atoms with Crippen molar-refractivity contribution in [2.45, 2.75) is 19.4 Å². The number of carbonyl (C=O) groups is 3. The van der Waals surface area contributed by atoms with Crippen molar-refractivity contribution >= 4 is 17.6 Å². The van der Waals surface area contributed by atoms with Gasteiger partial charge in [-0.25, -0.2) is 0 Å². The van der Waals surface area contributed by atoms with Gasteiger partial charge in [0.25, 0.3) is 11.8 Å². The monoisotopic (exact) mass is 196 g/mol. The number of hydrogen-bond acceptors (Lipinski definition) is 4. The molecule has 0 saturated carbocycles. The molecule has 0 aromatic carbocycles. The fourth-order valence-corrected chi connectivity index (χ4v) is 1.29. The molecule has 0 aromatic rings. The fourth-order valence-electron chi connectivity index (χ4n) is 1.29. The molecule has 1 aliphatic rings. The minimum Gasteiger partial charge on any atom is -0.330 e. The summed E-state index contributed by atoms with van der Waals surface area (Å²) in [5.41, 5.74) is 5.21. The van der Waals surface area contributed by atoms with Crippen LogP contribution in [0, 0.1) is 0 Å². The van der Waals surface area contributed by atoms with Crippen molar-refractivity contribution in [3.05, 3.63) is 12.2 Å². The molecule has 1 atom stereocenters. The number of nitrogens with two attached hydrogens (primary N) is 1. The van der Waals surface area contributed by atoms with Crippen molar-refractivity contribution in [3.63, 3.8) is 0 Å². The molecule has 1 rings (SSSR count). The third-order valence-corrected chi connectivity index (χ3v) is 2.09. The lowest BCUT2D eigenvalue weighted by atomic mass is 10.1. The Morgan fingerprint density at radius 2 is 1.93 bits per heavy atom. The van der Waals surface area contributed by atoms with Gasteiger partial charge in [-0.15, -0.1) is 0 Å². The molecule has 0 spiro atoms. The summed E-state index contributed by atoms with van der Waals surface area (Å²) in [5, 5.41) is 0. The highest BCUT2D eigenvalue weighted by Crippen LogP contribution is 2.10. The van der Waals surface area contributed by atoms with Crippen molar-refractivity contribution in [3.8, 4) is 0 Å². The first-order valence-corrected chi connectivity index (χ1v) is 4.36. The minimum absolute atomic E-state index is 0.179. The van der Waals surface area contributed by atoms with Crippen LogP contribution in [0.2, 0.25) is 0 Å². The number of carbonyl (C=O) groups excluding carboxylic acids is 3. The molecule has 0 radical (unpaired) electrons. The van der Waals surface area contributed by atoms with Crippen LogP contribution in [-0.4, -0.2) is 35.1 Å². The van der Waals surface area contributed by atoms with E-state index in [9.17, 15) is 14.4 Å². The minimum atomic E-state index is -0.714. The van der Waals surface area contributed by atoms with Gasteiger partial charge in [0.1, 0.15) is 0 Å². The standard InChI is InChI=1S/C9H12N2O3/c1-6(7(12)4-5-10)11-8(13)2-3-9(11)14/h2-3,6H,4-5,10H2,1H3. The van der Waals surface area contributed by atoms with Crippen LogP contribution in [-0.2, 0) is 14.4 Å². The Kier molecular flexibility index (Phi) is 3.14. The summed E-state index contributed by atoms with van der Waals surface area (Å²) in [6.07, 6.45) is 2.50. The van der Waals surface area contributed by atoms with E-state index in [2.05, 4.69) is 0 Å². The molecule has 0 aromatic heterocycles. The topological polar surface area (TPSA) is 80.5 Å². The lowest BCUT2D eigenvalue weighted by molar-refractivity contribution is -0.144. The van der Waals surface area contributed by atoms with E-state index in [1.54, 1.807) is 0 Å². The second kappa shape index (κ2) is 4.15. The molecule has 1 aliphatic heterocycles. The zero-order valence-electron chi connectivity index (χ0n) is 7.90. The number of ketones is 1. The van der Waals surface area contributed by atoms with E-state index in [-0.39, 0.29) is 18.7 Å². The Bertz CT molecular complexity index is 291. The Morgan fingerprint density at radius 1 is 1.43 bits per heavy atom. The highest BCUT2D eigenvalue weighted by Gasteiger charge is 2.31.